The lowest BCUT2D eigenvalue weighted by Gasteiger charge is -2.14. The Morgan fingerprint density at radius 1 is 1.26 bits per heavy atom. The van der Waals surface area contributed by atoms with Crippen molar-refractivity contribution in [2.75, 3.05) is 57.8 Å². The highest BCUT2D eigenvalue weighted by Crippen LogP contribution is 2.32. The van der Waals surface area contributed by atoms with Crippen LogP contribution in [0.25, 0.3) is 11.0 Å². The molecule has 39 heavy (non-hydrogen) atoms. The average Bonchev–Trinajstić information content (AvgIpc) is 3.47. The number of aliphatic hydroxyl groups is 2. The van der Waals surface area contributed by atoms with E-state index in [0.717, 1.165) is 25.7 Å². The quantitative estimate of drug-likeness (QED) is 0.117. The van der Waals surface area contributed by atoms with Gasteiger partial charge >= 0.3 is 6.09 Å². The van der Waals surface area contributed by atoms with Gasteiger partial charge in [-0.2, -0.15) is 4.98 Å². The van der Waals surface area contributed by atoms with E-state index in [1.807, 2.05) is 0 Å². The summed E-state index contributed by atoms with van der Waals surface area (Å²) in [5.41, 5.74) is 5.76. The molecule has 3 atom stereocenters. The van der Waals surface area contributed by atoms with E-state index in [2.05, 4.69) is 27.1 Å². The molecule has 14 heteroatoms. The van der Waals surface area contributed by atoms with Crippen LogP contribution in [0.1, 0.15) is 43.9 Å². The SMILES string of the molecule is Nc1nc(=O)c2c(C#CCOC(=O)NCCOCCOCCCCCCCl)cn([C@H]3C[C@H](O)[C@@H](CO)O3)c2[nH]1. The summed E-state index contributed by atoms with van der Waals surface area (Å²) in [4.78, 5) is 31.0. The van der Waals surface area contributed by atoms with Gasteiger partial charge in [0.2, 0.25) is 5.95 Å². The number of rotatable bonds is 15. The molecule has 13 nitrogen and oxygen atoms in total. The number of carbonyl (C=O) groups is 1. The van der Waals surface area contributed by atoms with Gasteiger partial charge in [-0.25, -0.2) is 4.79 Å². The fourth-order valence-corrected chi connectivity index (χ4v) is 4.23. The molecule has 1 aliphatic rings. The summed E-state index contributed by atoms with van der Waals surface area (Å²) < 4.78 is 23.2. The molecule has 3 rings (SSSR count). The van der Waals surface area contributed by atoms with E-state index in [1.54, 1.807) is 10.8 Å². The average molecular weight is 570 g/mol. The van der Waals surface area contributed by atoms with Crippen LogP contribution >= 0.6 is 11.6 Å². The van der Waals surface area contributed by atoms with Crippen molar-refractivity contribution in [3.8, 4) is 11.8 Å². The van der Waals surface area contributed by atoms with Crippen molar-refractivity contribution in [2.24, 2.45) is 0 Å². The summed E-state index contributed by atoms with van der Waals surface area (Å²) in [6.45, 7) is 1.63. The predicted octanol–water partition coefficient (Wildman–Crippen LogP) is 0.858. The van der Waals surface area contributed by atoms with Gasteiger partial charge in [0.15, 0.2) is 6.61 Å². The zero-order valence-electron chi connectivity index (χ0n) is 21.7. The van der Waals surface area contributed by atoms with Gasteiger partial charge in [-0.1, -0.05) is 24.7 Å². The monoisotopic (exact) mass is 569 g/mol. The summed E-state index contributed by atoms with van der Waals surface area (Å²) >= 11 is 5.64. The maximum absolute atomic E-state index is 12.5. The van der Waals surface area contributed by atoms with E-state index < -0.39 is 30.1 Å². The van der Waals surface area contributed by atoms with Gasteiger partial charge in [-0.3, -0.25) is 4.79 Å². The third kappa shape index (κ3) is 9.38. The summed E-state index contributed by atoms with van der Waals surface area (Å²) in [6, 6.07) is 0. The number of unbranched alkanes of at least 4 members (excludes halogenated alkanes) is 3. The molecule has 0 radical (unpaired) electrons. The second-order valence-electron chi connectivity index (χ2n) is 8.85. The number of fused-ring (bicyclic) bond motifs is 1. The number of hydrogen-bond acceptors (Lipinski definition) is 10. The van der Waals surface area contributed by atoms with Crippen molar-refractivity contribution < 1.29 is 34.0 Å². The van der Waals surface area contributed by atoms with E-state index in [4.69, 9.17) is 36.3 Å². The Morgan fingerprint density at radius 2 is 2.03 bits per heavy atom. The molecule has 0 saturated carbocycles. The molecule has 1 aliphatic heterocycles. The summed E-state index contributed by atoms with van der Waals surface area (Å²) in [5.74, 6) is 6.12. The second kappa shape index (κ2) is 16.3. The van der Waals surface area contributed by atoms with Crippen LogP contribution in [0.15, 0.2) is 11.0 Å². The van der Waals surface area contributed by atoms with Crippen LogP contribution in [-0.4, -0.2) is 95.1 Å². The molecule has 0 aromatic carbocycles. The molecule has 1 amide bonds. The first-order valence-electron chi connectivity index (χ1n) is 12.9. The van der Waals surface area contributed by atoms with Gasteiger partial charge in [-0.15, -0.1) is 11.6 Å². The molecule has 6 N–H and O–H groups in total. The molecule has 0 spiro atoms. The number of anilines is 1. The summed E-state index contributed by atoms with van der Waals surface area (Å²) in [7, 11) is 0. The second-order valence-corrected chi connectivity index (χ2v) is 9.23. The van der Waals surface area contributed by atoms with Crippen LogP contribution in [-0.2, 0) is 18.9 Å². The first-order valence-corrected chi connectivity index (χ1v) is 13.4. The zero-order valence-corrected chi connectivity index (χ0v) is 22.5. The Hall–Kier alpha value is -2.86. The molecule has 0 bridgehead atoms. The molecule has 2 aromatic rings. The largest absolute Gasteiger partial charge is 0.436 e. The number of aromatic nitrogens is 3. The summed E-state index contributed by atoms with van der Waals surface area (Å²) in [6.07, 6.45) is 3.08. The lowest BCUT2D eigenvalue weighted by Crippen LogP contribution is -2.28. The highest BCUT2D eigenvalue weighted by molar-refractivity contribution is 6.17. The van der Waals surface area contributed by atoms with Crippen LogP contribution in [0, 0.1) is 11.8 Å². The Kier molecular flexibility index (Phi) is 12.8. The Morgan fingerprint density at radius 3 is 2.77 bits per heavy atom. The molecular weight excluding hydrogens is 534 g/mol. The van der Waals surface area contributed by atoms with Crippen molar-refractivity contribution in [3.63, 3.8) is 0 Å². The van der Waals surface area contributed by atoms with Crippen LogP contribution in [0.3, 0.4) is 0 Å². The highest BCUT2D eigenvalue weighted by Gasteiger charge is 2.35. The van der Waals surface area contributed by atoms with Crippen LogP contribution < -0.4 is 16.6 Å². The van der Waals surface area contributed by atoms with Gasteiger partial charge < -0.3 is 49.8 Å². The third-order valence-corrected chi connectivity index (χ3v) is 6.24. The number of amides is 1. The number of ether oxygens (including phenoxy) is 4. The number of alkyl halides is 1. The van der Waals surface area contributed by atoms with E-state index in [-0.39, 0.29) is 37.5 Å². The first-order chi connectivity index (χ1) is 18.9. The molecule has 3 heterocycles. The number of hydrogen-bond donors (Lipinski definition) is 5. The fourth-order valence-electron chi connectivity index (χ4n) is 4.04. The molecule has 1 saturated heterocycles. The summed E-state index contributed by atoms with van der Waals surface area (Å²) in [5, 5.41) is 22.2. The maximum Gasteiger partial charge on any atom is 0.408 e. The number of nitrogen functional groups attached to an aromatic ring is 1. The van der Waals surface area contributed by atoms with E-state index >= 15 is 0 Å². The number of H-pyrrole nitrogens is 1. The van der Waals surface area contributed by atoms with Crippen molar-refractivity contribution in [1.29, 1.82) is 0 Å². The van der Waals surface area contributed by atoms with E-state index in [9.17, 15) is 19.8 Å². The molecule has 0 unspecified atom stereocenters. The molecule has 0 aliphatic carbocycles. The van der Waals surface area contributed by atoms with Gasteiger partial charge in [0.05, 0.1) is 43.5 Å². The van der Waals surface area contributed by atoms with Gasteiger partial charge in [-0.05, 0) is 12.8 Å². The predicted molar refractivity (Wildman–Crippen MR) is 143 cm³/mol. The minimum absolute atomic E-state index is 0.0889. The van der Waals surface area contributed by atoms with Gasteiger partial charge in [0.25, 0.3) is 5.56 Å². The van der Waals surface area contributed by atoms with Gasteiger partial charge in [0, 0.05) is 31.6 Å². The smallest absolute Gasteiger partial charge is 0.408 e. The Labute approximate surface area is 230 Å². The number of nitrogens with two attached hydrogens (primary N) is 1. The number of carbonyl (C=O) groups excluding carboxylic acids is 1. The van der Waals surface area contributed by atoms with Crippen LogP contribution in [0.5, 0.6) is 0 Å². The van der Waals surface area contributed by atoms with Crippen LogP contribution in [0.2, 0.25) is 0 Å². The molecule has 216 valence electrons. The number of halogens is 1. The number of aromatic amines is 1. The van der Waals surface area contributed by atoms with E-state index in [1.165, 1.54) is 0 Å². The number of aliphatic hydroxyl groups excluding tert-OH is 2. The van der Waals surface area contributed by atoms with Crippen molar-refractivity contribution in [3.05, 3.63) is 22.1 Å². The number of nitrogens with zero attached hydrogens (tertiary/aromatic N) is 2. The van der Waals surface area contributed by atoms with E-state index in [0.29, 0.717) is 43.5 Å². The maximum atomic E-state index is 12.5. The molecule has 2 aromatic heterocycles. The normalized spacial score (nSPS) is 18.7. The first kappa shape index (κ1) is 30.7. The lowest BCUT2D eigenvalue weighted by atomic mass is 10.2. The minimum atomic E-state index is -0.870. The van der Waals surface area contributed by atoms with Crippen molar-refractivity contribution >= 4 is 34.7 Å². The van der Waals surface area contributed by atoms with Crippen LogP contribution in [0.4, 0.5) is 10.7 Å². The van der Waals surface area contributed by atoms with Gasteiger partial charge in [0.1, 0.15) is 18.0 Å². The minimum Gasteiger partial charge on any atom is -0.436 e. The number of alkyl carbamates (subject to hydrolysis) is 1. The van der Waals surface area contributed by atoms with Crippen molar-refractivity contribution in [2.45, 2.75) is 50.5 Å². The topological polar surface area (TPSA) is 183 Å². The third-order valence-electron chi connectivity index (χ3n) is 5.97. The fraction of sp³-hybridized carbons (Fsp3) is 0.640. The standard InChI is InChI=1S/C25H36ClN5O8/c26-7-3-1-2-4-9-36-12-13-37-11-8-28-25(35)38-10-5-6-17-15-31(20-14-18(33)19(16-32)39-20)22-21(17)23(34)30-24(27)29-22/h15,18-20,32-33H,1-4,7-14,16H2,(H,28,35)(H3,27,29,30,34)/t18-,19+,20+/m0/s1. The molecular formula is C25H36ClN5O8. The zero-order chi connectivity index (χ0) is 28.0. The number of nitrogens with one attached hydrogen (secondary N) is 2. The lowest BCUT2D eigenvalue weighted by molar-refractivity contribution is -0.0430. The Balaban J connectivity index is 1.41. The highest BCUT2D eigenvalue weighted by atomic mass is 35.5. The van der Waals surface area contributed by atoms with Crippen molar-refractivity contribution in [1.82, 2.24) is 19.9 Å². The molecule has 1 fully saturated rings. The Bertz CT molecular complexity index is 1180.